The predicted molar refractivity (Wildman–Crippen MR) is 326 cm³/mol. The highest BCUT2D eigenvalue weighted by Gasteiger charge is 2.30. The van der Waals surface area contributed by atoms with Crippen LogP contribution in [0.2, 0.25) is 0 Å². The summed E-state index contributed by atoms with van der Waals surface area (Å²) in [7, 11) is -9.89. The second-order valence-corrected chi connectivity index (χ2v) is 27.1. The van der Waals surface area contributed by atoms with E-state index in [0.717, 1.165) is 120 Å². The molecule has 4 unspecified atom stereocenters. The number of aliphatic hydroxyl groups excluding tert-OH is 1. The largest absolute Gasteiger partial charge is 0.472 e. The lowest BCUT2D eigenvalue weighted by Gasteiger charge is -2.21. The molecule has 0 aliphatic rings. The van der Waals surface area contributed by atoms with Gasteiger partial charge in [-0.15, -0.1) is 0 Å². The molecule has 0 radical (unpaired) electrons. The third-order valence-corrected chi connectivity index (χ3v) is 16.9. The number of unbranched alkanes of at least 4 members (excludes halogenated alkanes) is 24. The van der Waals surface area contributed by atoms with Gasteiger partial charge in [0.25, 0.3) is 0 Å². The average molecular weight is 1210 g/mol. The number of phosphoric ester groups is 2. The quantitative estimate of drug-likeness (QED) is 0.0222. The fraction of sp³-hybridized carbons (Fsp3) is 0.937. The molecule has 0 saturated heterocycles. The number of phosphoric acid groups is 2. The first-order valence-electron chi connectivity index (χ1n) is 32.8. The van der Waals surface area contributed by atoms with Crippen LogP contribution in [0.3, 0.4) is 0 Å². The van der Waals surface area contributed by atoms with E-state index in [4.69, 9.17) is 37.0 Å². The lowest BCUT2D eigenvalue weighted by atomic mass is 10.00. The molecule has 486 valence electrons. The molecule has 0 aromatic carbocycles. The van der Waals surface area contributed by atoms with Gasteiger partial charge in [0, 0.05) is 25.7 Å². The lowest BCUT2D eigenvalue weighted by molar-refractivity contribution is -0.161. The van der Waals surface area contributed by atoms with Crippen LogP contribution >= 0.6 is 15.6 Å². The van der Waals surface area contributed by atoms with E-state index < -0.39 is 97.5 Å². The fourth-order valence-electron chi connectivity index (χ4n) is 9.19. The number of carbonyl (C=O) groups is 4. The van der Waals surface area contributed by atoms with Crippen molar-refractivity contribution in [1.82, 2.24) is 0 Å². The predicted octanol–water partition coefficient (Wildman–Crippen LogP) is 17.0. The number of aliphatic hydroxyl groups is 1. The van der Waals surface area contributed by atoms with Gasteiger partial charge in [0.15, 0.2) is 12.2 Å². The normalized spacial score (nSPS) is 15.1. The highest BCUT2D eigenvalue weighted by molar-refractivity contribution is 7.47. The Hall–Kier alpha value is -1.94. The summed E-state index contributed by atoms with van der Waals surface area (Å²) in [5, 5.41) is 10.5. The zero-order valence-electron chi connectivity index (χ0n) is 53.1. The van der Waals surface area contributed by atoms with Crippen LogP contribution in [0.5, 0.6) is 0 Å². The molecular weight excluding hydrogens is 1090 g/mol. The van der Waals surface area contributed by atoms with E-state index in [-0.39, 0.29) is 25.7 Å². The standard InChI is InChI=1S/C63H122O17P2/c1-9-55(7)41-33-25-18-21-28-36-44-61(66)74-49-58(79-62(67)45-37-29-16-14-12-11-13-15-23-31-39-53(3)4)51-77-81(69,70)75-47-57(64)48-76-82(71,72)78-52-59(50-73-60(65)43-35-27-20-17-24-32-40-54(5)6)80-63(68)46-38-30-22-19-26-34-42-56(8)10-2/h53-59,64H,9-52H2,1-8H3,(H,69,70)(H,71,72)/t55?,56?,57-,58+,59+/m0/s1. The Balaban J connectivity index is 5.26. The molecule has 7 atom stereocenters. The second kappa shape index (κ2) is 53.3. The van der Waals surface area contributed by atoms with Crippen LogP contribution in [0.1, 0.15) is 299 Å². The van der Waals surface area contributed by atoms with Gasteiger partial charge < -0.3 is 33.8 Å². The van der Waals surface area contributed by atoms with Crippen LogP contribution in [-0.2, 0) is 65.4 Å². The van der Waals surface area contributed by atoms with Crippen LogP contribution < -0.4 is 0 Å². The SMILES string of the molecule is CCC(C)CCCCCCCCC(=O)OC[C@H](COP(=O)(O)OC[C@H](O)COP(=O)(O)OC[C@@H](COC(=O)CCCCCCCCC(C)C)OC(=O)CCCCCCCCC(C)CC)OC(=O)CCCCCCCCCCCCC(C)C. The van der Waals surface area contributed by atoms with Gasteiger partial charge in [-0.1, -0.05) is 248 Å². The second-order valence-electron chi connectivity index (χ2n) is 24.2. The van der Waals surface area contributed by atoms with Crippen molar-refractivity contribution in [2.24, 2.45) is 23.7 Å². The Labute approximate surface area is 498 Å². The van der Waals surface area contributed by atoms with E-state index in [1.54, 1.807) is 0 Å². The molecular formula is C63H122O17P2. The Morgan fingerprint density at radius 3 is 0.866 bits per heavy atom. The molecule has 0 amide bonds. The van der Waals surface area contributed by atoms with Crippen molar-refractivity contribution in [3.8, 4) is 0 Å². The maximum absolute atomic E-state index is 13.0. The summed E-state index contributed by atoms with van der Waals surface area (Å²) in [6.45, 7) is 13.9. The summed E-state index contributed by atoms with van der Waals surface area (Å²) >= 11 is 0. The van der Waals surface area contributed by atoms with Crippen molar-refractivity contribution >= 4 is 39.5 Å². The number of carbonyl (C=O) groups excluding carboxylic acids is 4. The summed E-state index contributed by atoms with van der Waals surface area (Å²) in [5.74, 6) is 0.738. The molecule has 0 aliphatic carbocycles. The fourth-order valence-corrected chi connectivity index (χ4v) is 10.8. The first kappa shape index (κ1) is 80.1. The zero-order valence-corrected chi connectivity index (χ0v) is 54.9. The van der Waals surface area contributed by atoms with Crippen molar-refractivity contribution < 1.29 is 80.2 Å². The van der Waals surface area contributed by atoms with E-state index in [2.05, 4.69) is 55.4 Å². The van der Waals surface area contributed by atoms with Gasteiger partial charge in [0.1, 0.15) is 19.3 Å². The topological polar surface area (TPSA) is 237 Å². The van der Waals surface area contributed by atoms with Crippen LogP contribution in [0.15, 0.2) is 0 Å². The number of hydrogen-bond donors (Lipinski definition) is 3. The number of esters is 4. The van der Waals surface area contributed by atoms with Crippen LogP contribution in [0.25, 0.3) is 0 Å². The molecule has 0 aliphatic heterocycles. The van der Waals surface area contributed by atoms with Crippen molar-refractivity contribution in [1.29, 1.82) is 0 Å². The smallest absolute Gasteiger partial charge is 0.462 e. The van der Waals surface area contributed by atoms with Gasteiger partial charge in [0.2, 0.25) is 0 Å². The van der Waals surface area contributed by atoms with Crippen molar-refractivity contribution in [3.05, 3.63) is 0 Å². The number of rotatable bonds is 60. The zero-order chi connectivity index (χ0) is 61.1. The Kier molecular flexibility index (Phi) is 52.0. The molecule has 0 rings (SSSR count). The first-order valence-corrected chi connectivity index (χ1v) is 35.8. The minimum atomic E-state index is -4.94. The number of ether oxygens (including phenoxy) is 4. The molecule has 0 aromatic heterocycles. The number of hydrogen-bond acceptors (Lipinski definition) is 15. The molecule has 17 nitrogen and oxygen atoms in total. The summed E-state index contributed by atoms with van der Waals surface area (Å²) in [4.78, 5) is 72.1. The van der Waals surface area contributed by atoms with Crippen LogP contribution in [0.4, 0.5) is 0 Å². The van der Waals surface area contributed by atoms with Gasteiger partial charge in [-0.2, -0.15) is 0 Å². The molecule has 0 fully saturated rings. The van der Waals surface area contributed by atoms with Crippen LogP contribution in [0, 0.1) is 23.7 Å². The van der Waals surface area contributed by atoms with E-state index in [1.807, 2.05) is 0 Å². The van der Waals surface area contributed by atoms with Crippen LogP contribution in [-0.4, -0.2) is 96.7 Å². The lowest BCUT2D eigenvalue weighted by Crippen LogP contribution is -2.30. The molecule has 0 bridgehead atoms. The summed E-state index contributed by atoms with van der Waals surface area (Å²) in [6.07, 6.45) is 32.3. The molecule has 0 heterocycles. The monoisotopic (exact) mass is 1210 g/mol. The molecule has 3 N–H and O–H groups in total. The molecule has 0 aromatic rings. The molecule has 82 heavy (non-hydrogen) atoms. The van der Waals surface area contributed by atoms with E-state index in [9.17, 15) is 43.2 Å². The summed E-state index contributed by atoms with van der Waals surface area (Å²) < 4.78 is 67.9. The average Bonchev–Trinajstić information content (AvgIpc) is 3.44. The third-order valence-electron chi connectivity index (χ3n) is 15.0. The maximum atomic E-state index is 13.0. The Morgan fingerprint density at radius 2 is 0.585 bits per heavy atom. The van der Waals surface area contributed by atoms with Crippen molar-refractivity contribution in [2.75, 3.05) is 39.6 Å². The Bertz CT molecular complexity index is 1650. The minimum absolute atomic E-state index is 0.101. The van der Waals surface area contributed by atoms with E-state index >= 15 is 0 Å². The van der Waals surface area contributed by atoms with Gasteiger partial charge in [-0.05, 0) is 49.4 Å². The maximum Gasteiger partial charge on any atom is 0.472 e. The van der Waals surface area contributed by atoms with Gasteiger partial charge >= 0.3 is 39.5 Å². The van der Waals surface area contributed by atoms with Crippen molar-refractivity contribution in [2.45, 2.75) is 318 Å². The highest BCUT2D eigenvalue weighted by Crippen LogP contribution is 2.45. The first-order chi connectivity index (χ1) is 39.2. The van der Waals surface area contributed by atoms with Gasteiger partial charge in [0.05, 0.1) is 26.4 Å². The summed E-state index contributed by atoms with van der Waals surface area (Å²) in [5.41, 5.74) is 0. The van der Waals surface area contributed by atoms with E-state index in [1.165, 1.54) is 89.9 Å². The van der Waals surface area contributed by atoms with E-state index in [0.29, 0.717) is 31.6 Å². The summed E-state index contributed by atoms with van der Waals surface area (Å²) in [6, 6.07) is 0. The van der Waals surface area contributed by atoms with Gasteiger partial charge in [-0.3, -0.25) is 37.3 Å². The molecule has 19 heteroatoms. The minimum Gasteiger partial charge on any atom is -0.462 e. The van der Waals surface area contributed by atoms with Gasteiger partial charge in [-0.25, -0.2) is 9.13 Å². The molecule has 0 spiro atoms. The third kappa shape index (κ3) is 54.7. The van der Waals surface area contributed by atoms with Crippen molar-refractivity contribution in [3.63, 3.8) is 0 Å². The highest BCUT2D eigenvalue weighted by atomic mass is 31.2. The Morgan fingerprint density at radius 1 is 0.341 bits per heavy atom. The molecule has 0 saturated carbocycles.